The highest BCUT2D eigenvalue weighted by Crippen LogP contribution is 1.80. The number of carbonyl (C=O) groups excluding carboxylic acids is 2. The van der Waals surface area contributed by atoms with Crippen LogP contribution in [0, 0.1) is 0 Å². The Morgan fingerprint density at radius 3 is 2.45 bits per heavy atom. The summed E-state index contributed by atoms with van der Waals surface area (Å²) in [6.07, 6.45) is 0.671. The van der Waals surface area contributed by atoms with Crippen LogP contribution in [0.3, 0.4) is 0 Å². The molecule has 0 aliphatic carbocycles. The molecule has 0 unspecified atom stereocenters. The van der Waals surface area contributed by atoms with Crippen LogP contribution in [-0.2, 0) is 9.59 Å². The highest BCUT2D eigenvalue weighted by Gasteiger charge is 2.08. The summed E-state index contributed by atoms with van der Waals surface area (Å²) in [7, 11) is 1.41. The molecule has 0 radical (unpaired) electrons. The smallest absolute Gasteiger partial charge is 0.309 e. The Morgan fingerprint density at radius 1 is 1.36 bits per heavy atom. The minimum Gasteiger partial charge on any atom is -0.351 e. The monoisotopic (exact) mass is 178 g/mol. The lowest BCUT2D eigenvalue weighted by Gasteiger charge is -2.00. The van der Waals surface area contributed by atoms with E-state index in [-0.39, 0.29) is 0 Å². The molecule has 0 heterocycles. The minimum atomic E-state index is -0.625. The summed E-state index contributed by atoms with van der Waals surface area (Å²) in [6.45, 7) is 0.440. The van der Waals surface area contributed by atoms with E-state index in [1.165, 1.54) is 7.05 Å². The fourth-order valence-electron chi connectivity index (χ4n) is 0.463. The topological polar surface area (TPSA) is 58.2 Å². The number of rotatable bonds is 3. The van der Waals surface area contributed by atoms with Crippen LogP contribution in [0.15, 0.2) is 0 Å². The van der Waals surface area contributed by atoms with Gasteiger partial charge in [0.1, 0.15) is 0 Å². The van der Waals surface area contributed by atoms with Gasteiger partial charge in [-0.2, -0.15) is 0 Å². The van der Waals surface area contributed by atoms with Gasteiger partial charge in [0.2, 0.25) is 0 Å². The largest absolute Gasteiger partial charge is 0.351 e. The molecule has 2 N–H and O–H groups in total. The second kappa shape index (κ2) is 5.97. The molecule has 0 rings (SSSR count). The van der Waals surface area contributed by atoms with Crippen molar-refractivity contribution in [1.29, 1.82) is 0 Å². The molecule has 0 saturated carbocycles. The Kier molecular flexibility index (Phi) is 5.56. The van der Waals surface area contributed by atoms with Crippen LogP contribution in [0.2, 0.25) is 0 Å². The molecule has 0 aliphatic rings. The lowest BCUT2D eigenvalue weighted by Crippen LogP contribution is -2.38. The Labute approximate surface area is 70.3 Å². The van der Waals surface area contributed by atoms with E-state index in [1.54, 1.807) is 0 Å². The SMILES string of the molecule is CNC(=O)C(=O)NCCCCl. The number of hydrogen-bond donors (Lipinski definition) is 2. The maximum atomic E-state index is 10.7. The first-order valence-electron chi connectivity index (χ1n) is 3.28. The van der Waals surface area contributed by atoms with Gasteiger partial charge >= 0.3 is 11.8 Å². The normalized spacial score (nSPS) is 8.91. The summed E-state index contributed by atoms with van der Waals surface area (Å²) >= 11 is 5.35. The Morgan fingerprint density at radius 2 is 2.00 bits per heavy atom. The molecule has 2 amide bonds. The lowest BCUT2D eigenvalue weighted by atomic mass is 10.4. The van der Waals surface area contributed by atoms with Crippen molar-refractivity contribution in [3.05, 3.63) is 0 Å². The second-order valence-corrected chi connectivity index (χ2v) is 2.26. The standard InChI is InChI=1S/C6H11ClN2O2/c1-8-5(10)6(11)9-4-2-3-7/h2-4H2,1H3,(H,8,10)(H,9,11). The molecule has 0 fully saturated rings. The molecule has 0 bridgehead atoms. The molecule has 0 spiro atoms. The molecular formula is C6H11ClN2O2. The third kappa shape index (κ3) is 4.61. The Balaban J connectivity index is 3.44. The first-order chi connectivity index (χ1) is 5.22. The molecular weight excluding hydrogens is 168 g/mol. The molecule has 5 heteroatoms. The van der Waals surface area contributed by atoms with Crippen LogP contribution in [0.5, 0.6) is 0 Å². The van der Waals surface area contributed by atoms with Crippen molar-refractivity contribution in [3.63, 3.8) is 0 Å². The average molecular weight is 179 g/mol. The zero-order chi connectivity index (χ0) is 8.69. The van der Waals surface area contributed by atoms with E-state index in [1.807, 2.05) is 0 Å². The van der Waals surface area contributed by atoms with Crippen molar-refractivity contribution in [1.82, 2.24) is 10.6 Å². The summed E-state index contributed by atoms with van der Waals surface area (Å²) in [6, 6.07) is 0. The van der Waals surface area contributed by atoms with E-state index in [0.29, 0.717) is 18.8 Å². The number of amides is 2. The lowest BCUT2D eigenvalue weighted by molar-refractivity contribution is -0.138. The molecule has 4 nitrogen and oxygen atoms in total. The summed E-state index contributed by atoms with van der Waals surface area (Å²) < 4.78 is 0. The first-order valence-corrected chi connectivity index (χ1v) is 3.81. The van der Waals surface area contributed by atoms with Crippen molar-refractivity contribution >= 4 is 23.4 Å². The van der Waals surface area contributed by atoms with E-state index in [4.69, 9.17) is 11.6 Å². The third-order valence-electron chi connectivity index (χ3n) is 1.03. The van der Waals surface area contributed by atoms with Gasteiger partial charge in [-0.1, -0.05) is 0 Å². The average Bonchev–Trinajstić information content (AvgIpc) is 2.03. The van der Waals surface area contributed by atoms with Crippen molar-refractivity contribution in [2.24, 2.45) is 0 Å². The fraction of sp³-hybridized carbons (Fsp3) is 0.667. The molecule has 11 heavy (non-hydrogen) atoms. The van der Waals surface area contributed by atoms with Gasteiger partial charge < -0.3 is 10.6 Å². The predicted molar refractivity (Wildman–Crippen MR) is 42.4 cm³/mol. The molecule has 64 valence electrons. The first kappa shape index (κ1) is 10.2. The quantitative estimate of drug-likeness (QED) is 0.347. The zero-order valence-corrected chi connectivity index (χ0v) is 7.07. The van der Waals surface area contributed by atoms with Crippen molar-refractivity contribution in [2.75, 3.05) is 19.5 Å². The van der Waals surface area contributed by atoms with E-state index < -0.39 is 11.8 Å². The number of carbonyl (C=O) groups is 2. The summed E-state index contributed by atoms with van der Waals surface area (Å²) in [5.74, 6) is -0.759. The van der Waals surface area contributed by atoms with Gasteiger partial charge in [0.15, 0.2) is 0 Å². The Bertz CT molecular complexity index is 150. The molecule has 0 aliphatic heterocycles. The van der Waals surface area contributed by atoms with Gasteiger partial charge in [-0.15, -0.1) is 11.6 Å². The fourth-order valence-corrected chi connectivity index (χ4v) is 0.596. The van der Waals surface area contributed by atoms with Crippen molar-refractivity contribution in [2.45, 2.75) is 6.42 Å². The predicted octanol–water partition coefficient (Wildman–Crippen LogP) is -0.523. The van der Waals surface area contributed by atoms with Crippen LogP contribution >= 0.6 is 11.6 Å². The van der Waals surface area contributed by atoms with Gasteiger partial charge in [-0.25, -0.2) is 0 Å². The number of halogens is 1. The van der Waals surface area contributed by atoms with Gasteiger partial charge in [0.25, 0.3) is 0 Å². The molecule has 0 aromatic carbocycles. The van der Waals surface area contributed by atoms with Crippen LogP contribution in [0.1, 0.15) is 6.42 Å². The molecule has 0 atom stereocenters. The maximum Gasteiger partial charge on any atom is 0.309 e. The number of alkyl halides is 1. The van der Waals surface area contributed by atoms with Crippen LogP contribution in [-0.4, -0.2) is 31.3 Å². The van der Waals surface area contributed by atoms with E-state index in [2.05, 4.69) is 10.6 Å². The zero-order valence-electron chi connectivity index (χ0n) is 6.32. The van der Waals surface area contributed by atoms with Crippen LogP contribution < -0.4 is 10.6 Å². The van der Waals surface area contributed by atoms with Gasteiger partial charge in [0, 0.05) is 19.5 Å². The second-order valence-electron chi connectivity index (χ2n) is 1.88. The summed E-state index contributed by atoms with van der Waals surface area (Å²) in [4.78, 5) is 21.2. The van der Waals surface area contributed by atoms with E-state index >= 15 is 0 Å². The highest BCUT2D eigenvalue weighted by molar-refractivity contribution is 6.35. The highest BCUT2D eigenvalue weighted by atomic mass is 35.5. The van der Waals surface area contributed by atoms with Gasteiger partial charge in [-0.05, 0) is 6.42 Å². The van der Waals surface area contributed by atoms with E-state index in [0.717, 1.165) is 0 Å². The molecule has 0 aromatic heterocycles. The maximum absolute atomic E-state index is 10.7. The molecule has 0 saturated heterocycles. The minimum absolute atomic E-state index is 0.440. The van der Waals surface area contributed by atoms with Gasteiger partial charge in [-0.3, -0.25) is 9.59 Å². The third-order valence-corrected chi connectivity index (χ3v) is 1.30. The Hall–Kier alpha value is -0.770. The summed E-state index contributed by atoms with van der Waals surface area (Å²) in [5.41, 5.74) is 0. The number of likely N-dealkylation sites (N-methyl/N-ethyl adjacent to an activating group) is 1. The van der Waals surface area contributed by atoms with Crippen molar-refractivity contribution in [3.8, 4) is 0 Å². The van der Waals surface area contributed by atoms with Gasteiger partial charge in [0.05, 0.1) is 0 Å². The number of nitrogens with one attached hydrogen (secondary N) is 2. The molecule has 0 aromatic rings. The van der Waals surface area contributed by atoms with Crippen LogP contribution in [0.4, 0.5) is 0 Å². The summed E-state index contributed by atoms with van der Waals surface area (Å²) in [5, 5.41) is 4.61. The van der Waals surface area contributed by atoms with E-state index in [9.17, 15) is 9.59 Å². The van der Waals surface area contributed by atoms with Crippen LogP contribution in [0.25, 0.3) is 0 Å². The number of hydrogen-bond acceptors (Lipinski definition) is 2. The van der Waals surface area contributed by atoms with Crippen molar-refractivity contribution < 1.29 is 9.59 Å².